The third kappa shape index (κ3) is 5.42. The lowest BCUT2D eigenvalue weighted by Crippen LogP contribution is -2.30. The summed E-state index contributed by atoms with van der Waals surface area (Å²) in [6.45, 7) is 6.06. The molecule has 0 unspecified atom stereocenters. The fourth-order valence-corrected chi connectivity index (χ4v) is 6.92. The first kappa shape index (κ1) is 26.5. The molecule has 0 saturated heterocycles. The number of nitrogens with two attached hydrogens (primary N) is 1. The van der Waals surface area contributed by atoms with Crippen molar-refractivity contribution in [3.63, 3.8) is 0 Å². The van der Waals surface area contributed by atoms with Crippen LogP contribution in [0.1, 0.15) is 17.3 Å². The van der Waals surface area contributed by atoms with Gasteiger partial charge in [-0.05, 0) is 61.5 Å². The summed E-state index contributed by atoms with van der Waals surface area (Å²) in [4.78, 5) is 17.5. The number of rotatable bonds is 8. The van der Waals surface area contributed by atoms with Gasteiger partial charge in [-0.25, -0.2) is 22.0 Å². The fourth-order valence-electron chi connectivity index (χ4n) is 3.76. The number of sulfonamides is 2. The number of anilines is 1. The zero-order valence-electron chi connectivity index (χ0n) is 19.8. The minimum atomic E-state index is -3.89. The molecule has 1 aromatic heterocycles. The lowest BCUT2D eigenvalue weighted by Gasteiger charge is -2.22. The van der Waals surface area contributed by atoms with E-state index in [1.54, 1.807) is 47.9 Å². The number of hydrogen-bond donors (Lipinski definition) is 1. The van der Waals surface area contributed by atoms with Crippen molar-refractivity contribution in [2.45, 2.75) is 23.3 Å². The van der Waals surface area contributed by atoms with E-state index in [0.717, 1.165) is 11.3 Å². The van der Waals surface area contributed by atoms with E-state index in [1.807, 2.05) is 6.07 Å². The Bertz CT molecular complexity index is 1760. The van der Waals surface area contributed by atoms with Crippen LogP contribution in [-0.2, 0) is 26.6 Å². The molecule has 192 valence electrons. The zero-order chi connectivity index (χ0) is 26.8. The van der Waals surface area contributed by atoms with Gasteiger partial charge in [0.25, 0.3) is 15.9 Å². The van der Waals surface area contributed by atoms with Gasteiger partial charge in [-0.15, -0.1) is 6.58 Å². The first-order valence-electron chi connectivity index (χ1n) is 11.1. The van der Waals surface area contributed by atoms with Crippen LogP contribution >= 0.6 is 11.3 Å². The minimum absolute atomic E-state index is 0.0432. The van der Waals surface area contributed by atoms with Gasteiger partial charge in [0.2, 0.25) is 10.0 Å². The number of carbonyl (C=O) groups excluding carboxylic acids is 1. The normalized spacial score (nSPS) is 12.5. The fraction of sp³-hybridized carbons (Fsp3) is 0.120. The predicted octanol–water partition coefficient (Wildman–Crippen LogP) is 3.49. The van der Waals surface area contributed by atoms with Crippen molar-refractivity contribution in [1.29, 1.82) is 0 Å². The molecular weight excluding hydrogens is 532 g/mol. The number of aromatic nitrogens is 1. The molecule has 9 nitrogen and oxygen atoms in total. The van der Waals surface area contributed by atoms with E-state index in [9.17, 15) is 21.6 Å². The molecular formula is C25H24N4O5S3. The summed E-state index contributed by atoms with van der Waals surface area (Å²) in [5, 5.41) is 5.24. The number of para-hydroxylation sites is 1. The number of fused-ring (bicyclic) bond motifs is 1. The largest absolute Gasteiger partial charge is 0.312 e. The van der Waals surface area contributed by atoms with Crippen LogP contribution in [-0.4, -0.2) is 33.9 Å². The van der Waals surface area contributed by atoms with Crippen LogP contribution in [0.15, 0.2) is 100 Å². The van der Waals surface area contributed by atoms with Crippen LogP contribution in [0.4, 0.5) is 5.69 Å². The van der Waals surface area contributed by atoms with Crippen LogP contribution in [0.25, 0.3) is 10.2 Å². The van der Waals surface area contributed by atoms with Gasteiger partial charge in [0, 0.05) is 18.7 Å². The zero-order valence-corrected chi connectivity index (χ0v) is 22.3. The van der Waals surface area contributed by atoms with Crippen molar-refractivity contribution < 1.29 is 21.6 Å². The monoisotopic (exact) mass is 556 g/mol. The highest BCUT2D eigenvalue weighted by Crippen LogP contribution is 2.24. The van der Waals surface area contributed by atoms with Gasteiger partial charge in [-0.1, -0.05) is 35.6 Å². The smallest absolute Gasteiger partial charge is 0.279 e. The van der Waals surface area contributed by atoms with Gasteiger partial charge in [0.1, 0.15) is 0 Å². The number of hydrogen-bond acceptors (Lipinski definition) is 6. The van der Waals surface area contributed by atoms with Crippen molar-refractivity contribution in [1.82, 2.24) is 4.57 Å². The Labute approximate surface area is 218 Å². The quantitative estimate of drug-likeness (QED) is 0.332. The number of primary sulfonamides is 1. The van der Waals surface area contributed by atoms with E-state index in [2.05, 4.69) is 11.6 Å². The topological polar surface area (TPSA) is 132 Å². The molecule has 4 aromatic rings. The van der Waals surface area contributed by atoms with E-state index >= 15 is 0 Å². The highest BCUT2D eigenvalue weighted by molar-refractivity contribution is 7.92. The summed E-state index contributed by atoms with van der Waals surface area (Å²) in [6.07, 6.45) is 1.63. The molecule has 0 fully saturated rings. The average Bonchev–Trinajstić information content (AvgIpc) is 3.21. The van der Waals surface area contributed by atoms with Gasteiger partial charge < -0.3 is 4.57 Å². The molecule has 2 N–H and O–H groups in total. The van der Waals surface area contributed by atoms with Crippen LogP contribution in [0.3, 0.4) is 0 Å². The van der Waals surface area contributed by atoms with Crippen molar-refractivity contribution >= 4 is 53.2 Å². The molecule has 0 radical (unpaired) electrons. The second-order valence-electron chi connectivity index (χ2n) is 7.91. The summed E-state index contributed by atoms with van der Waals surface area (Å²) in [7, 11) is -7.73. The summed E-state index contributed by atoms with van der Waals surface area (Å²) < 4.78 is 53.5. The number of allylic oxidation sites excluding steroid dienone is 1. The van der Waals surface area contributed by atoms with Crippen LogP contribution in [0.5, 0.6) is 0 Å². The maximum atomic E-state index is 13.2. The molecule has 37 heavy (non-hydrogen) atoms. The van der Waals surface area contributed by atoms with Gasteiger partial charge in [0.15, 0.2) is 4.80 Å². The Morgan fingerprint density at radius 1 is 1.03 bits per heavy atom. The number of benzene rings is 3. The second kappa shape index (κ2) is 10.4. The maximum absolute atomic E-state index is 13.2. The minimum Gasteiger partial charge on any atom is -0.312 e. The van der Waals surface area contributed by atoms with Crippen LogP contribution in [0, 0.1) is 0 Å². The predicted molar refractivity (Wildman–Crippen MR) is 144 cm³/mol. The van der Waals surface area contributed by atoms with E-state index in [0.29, 0.717) is 27.3 Å². The molecule has 12 heteroatoms. The third-order valence-corrected chi connectivity index (χ3v) is 9.38. The SMILES string of the molecule is C=CCn1c(=NC(=O)c2ccc(S(=O)(=O)N(CC)c3ccccc3)cc2)sc2cc(S(N)(=O)=O)ccc21. The summed E-state index contributed by atoms with van der Waals surface area (Å²) >= 11 is 1.13. The molecule has 0 atom stereocenters. The van der Waals surface area contributed by atoms with E-state index in [4.69, 9.17) is 5.14 Å². The lowest BCUT2D eigenvalue weighted by molar-refractivity contribution is 0.0997. The molecule has 0 aliphatic carbocycles. The Balaban J connectivity index is 1.70. The molecule has 3 aromatic carbocycles. The third-order valence-electron chi connectivity index (χ3n) is 5.51. The summed E-state index contributed by atoms with van der Waals surface area (Å²) in [5.74, 6) is -0.574. The van der Waals surface area contributed by atoms with E-state index in [-0.39, 0.29) is 21.9 Å². The average molecular weight is 557 g/mol. The van der Waals surface area contributed by atoms with Crippen molar-refractivity contribution in [3.8, 4) is 0 Å². The Morgan fingerprint density at radius 3 is 2.27 bits per heavy atom. The molecule has 0 aliphatic heterocycles. The number of amides is 1. The van der Waals surface area contributed by atoms with E-state index in [1.165, 1.54) is 40.7 Å². The standard InChI is InChI=1S/C25H24N4O5S3/c1-3-16-28-22-15-14-21(36(26,31)32)17-23(22)35-25(28)27-24(30)18-10-12-20(13-11-18)37(33,34)29(4-2)19-8-6-5-7-9-19/h3,5-15,17H,1,4,16H2,2H3,(H2,26,31,32). The second-order valence-corrected chi connectivity index (χ2v) is 12.3. The highest BCUT2D eigenvalue weighted by atomic mass is 32.2. The maximum Gasteiger partial charge on any atom is 0.279 e. The molecule has 0 bridgehead atoms. The highest BCUT2D eigenvalue weighted by Gasteiger charge is 2.23. The first-order valence-corrected chi connectivity index (χ1v) is 14.9. The molecule has 4 rings (SSSR count). The number of nitrogens with zero attached hydrogens (tertiary/aromatic N) is 3. The number of thiazole rings is 1. The Morgan fingerprint density at radius 2 is 1.68 bits per heavy atom. The van der Waals surface area contributed by atoms with Gasteiger partial charge in [-0.3, -0.25) is 9.10 Å². The molecule has 0 aliphatic rings. The van der Waals surface area contributed by atoms with Crippen molar-refractivity contribution in [3.05, 3.63) is 95.8 Å². The van der Waals surface area contributed by atoms with Gasteiger partial charge in [-0.2, -0.15) is 4.99 Å². The van der Waals surface area contributed by atoms with Crippen molar-refractivity contribution in [2.75, 3.05) is 10.8 Å². The van der Waals surface area contributed by atoms with Crippen molar-refractivity contribution in [2.24, 2.45) is 10.1 Å². The summed E-state index contributed by atoms with van der Waals surface area (Å²) in [5.41, 5.74) is 1.42. The molecule has 1 amide bonds. The van der Waals surface area contributed by atoms with Crippen LogP contribution in [0.2, 0.25) is 0 Å². The number of carbonyl (C=O) groups is 1. The molecule has 1 heterocycles. The van der Waals surface area contributed by atoms with Gasteiger partial charge in [0.05, 0.1) is 25.7 Å². The Hall–Kier alpha value is -3.58. The first-order chi connectivity index (χ1) is 17.6. The van der Waals surface area contributed by atoms with E-state index < -0.39 is 26.0 Å². The Kier molecular flexibility index (Phi) is 7.46. The summed E-state index contributed by atoms with van der Waals surface area (Å²) in [6, 6.07) is 18.8. The lowest BCUT2D eigenvalue weighted by atomic mass is 10.2. The molecule has 0 saturated carbocycles. The van der Waals surface area contributed by atoms with Crippen LogP contribution < -0.4 is 14.2 Å². The molecule has 0 spiro atoms. The van der Waals surface area contributed by atoms with Gasteiger partial charge >= 0.3 is 0 Å².